The van der Waals surface area contributed by atoms with Crippen LogP contribution in [-0.2, 0) is 0 Å². The van der Waals surface area contributed by atoms with Crippen LogP contribution in [0.15, 0.2) is 22.7 Å². The van der Waals surface area contributed by atoms with Gasteiger partial charge in [-0.05, 0) is 47.0 Å². The van der Waals surface area contributed by atoms with Crippen LogP contribution in [-0.4, -0.2) is 18.0 Å². The van der Waals surface area contributed by atoms with E-state index >= 15 is 0 Å². The van der Waals surface area contributed by atoms with Crippen molar-refractivity contribution < 1.29 is 9.47 Å². The van der Waals surface area contributed by atoms with E-state index in [9.17, 15) is 0 Å². The van der Waals surface area contributed by atoms with E-state index in [1.807, 2.05) is 18.2 Å². The molecule has 4 heteroatoms. The Labute approximate surface area is 125 Å². The minimum Gasteiger partial charge on any atom is -0.497 e. The summed E-state index contributed by atoms with van der Waals surface area (Å²) < 4.78 is 12.2. The molecule has 1 saturated carbocycles. The number of methoxy groups -OCH3 is 1. The normalized spacial score (nSPS) is 30.7. The van der Waals surface area contributed by atoms with Crippen molar-refractivity contribution in [3.05, 3.63) is 22.7 Å². The van der Waals surface area contributed by atoms with Gasteiger partial charge < -0.3 is 9.47 Å². The van der Waals surface area contributed by atoms with Crippen LogP contribution in [0.1, 0.15) is 26.7 Å². The lowest BCUT2D eigenvalue weighted by atomic mass is 9.65. The van der Waals surface area contributed by atoms with Crippen LogP contribution in [0.25, 0.3) is 0 Å². The van der Waals surface area contributed by atoms with Gasteiger partial charge in [0.25, 0.3) is 0 Å². The summed E-state index contributed by atoms with van der Waals surface area (Å²) >= 11 is 7.25. The fourth-order valence-electron chi connectivity index (χ4n) is 2.26. The van der Waals surface area contributed by atoms with Crippen LogP contribution in [0.2, 0.25) is 0 Å². The summed E-state index contributed by atoms with van der Waals surface area (Å²) in [6.45, 7) is 4.49. The van der Waals surface area contributed by atoms with E-state index in [-0.39, 0.29) is 11.5 Å². The monoisotopic (exact) mass is 376 g/mol. The summed E-state index contributed by atoms with van der Waals surface area (Å²) in [6, 6.07) is 5.82. The maximum atomic E-state index is 6.13. The Balaban J connectivity index is 2.11. The fraction of sp³-hybridized carbons (Fsp3) is 0.571. The first-order valence-electron chi connectivity index (χ1n) is 6.15. The largest absolute Gasteiger partial charge is 0.497 e. The Morgan fingerprint density at radius 1 is 1.44 bits per heavy atom. The van der Waals surface area contributed by atoms with Crippen molar-refractivity contribution in [1.29, 1.82) is 0 Å². The average Bonchev–Trinajstić information content (AvgIpc) is 2.39. The predicted molar refractivity (Wildman–Crippen MR) is 80.8 cm³/mol. The van der Waals surface area contributed by atoms with Crippen LogP contribution >= 0.6 is 31.9 Å². The van der Waals surface area contributed by atoms with Crippen molar-refractivity contribution in [1.82, 2.24) is 0 Å². The first-order chi connectivity index (χ1) is 8.51. The smallest absolute Gasteiger partial charge is 0.134 e. The molecule has 0 aromatic heterocycles. The van der Waals surface area contributed by atoms with E-state index in [1.54, 1.807) is 7.11 Å². The molecule has 0 aliphatic heterocycles. The highest BCUT2D eigenvalue weighted by atomic mass is 79.9. The molecule has 1 aliphatic carbocycles. The van der Waals surface area contributed by atoms with Gasteiger partial charge in [0.2, 0.25) is 0 Å². The van der Waals surface area contributed by atoms with E-state index in [4.69, 9.17) is 9.47 Å². The second kappa shape index (κ2) is 5.41. The molecule has 0 N–H and O–H groups in total. The minimum atomic E-state index is 0.222. The Kier molecular flexibility index (Phi) is 4.27. The minimum absolute atomic E-state index is 0.222. The molecule has 3 atom stereocenters. The molecular weight excluding hydrogens is 360 g/mol. The first kappa shape index (κ1) is 14.2. The van der Waals surface area contributed by atoms with Gasteiger partial charge in [-0.1, -0.05) is 29.8 Å². The van der Waals surface area contributed by atoms with Gasteiger partial charge in [-0.3, -0.25) is 0 Å². The van der Waals surface area contributed by atoms with Crippen LogP contribution in [0.3, 0.4) is 0 Å². The molecule has 1 aromatic rings. The molecule has 0 saturated heterocycles. The van der Waals surface area contributed by atoms with E-state index in [2.05, 4.69) is 45.7 Å². The third-order valence-corrected chi connectivity index (χ3v) is 6.08. The second-order valence-corrected chi connectivity index (χ2v) is 6.93. The molecular formula is C14H18Br2O2. The molecule has 100 valence electrons. The summed E-state index contributed by atoms with van der Waals surface area (Å²) in [7, 11) is 1.66. The van der Waals surface area contributed by atoms with E-state index in [0.717, 1.165) is 28.8 Å². The number of benzene rings is 1. The summed E-state index contributed by atoms with van der Waals surface area (Å²) in [6.07, 6.45) is 2.45. The lowest BCUT2D eigenvalue weighted by Crippen LogP contribution is -2.54. The predicted octanol–water partition coefficient (Wildman–Crippen LogP) is 4.79. The second-order valence-electron chi connectivity index (χ2n) is 4.97. The Hall–Kier alpha value is -0.220. The highest BCUT2D eigenvalue weighted by Gasteiger charge is 2.51. The average molecular weight is 378 g/mol. The Morgan fingerprint density at radius 3 is 2.67 bits per heavy atom. The quantitative estimate of drug-likeness (QED) is 0.702. The third-order valence-electron chi connectivity index (χ3n) is 4.04. The zero-order valence-electron chi connectivity index (χ0n) is 10.9. The topological polar surface area (TPSA) is 18.5 Å². The number of halogens is 2. The van der Waals surface area contributed by atoms with E-state index in [1.165, 1.54) is 0 Å². The number of alkyl halides is 1. The first-order valence-corrected chi connectivity index (χ1v) is 7.86. The van der Waals surface area contributed by atoms with Gasteiger partial charge in [0.15, 0.2) is 0 Å². The van der Waals surface area contributed by atoms with Crippen molar-refractivity contribution in [2.45, 2.75) is 37.6 Å². The molecule has 0 amide bonds. The number of ether oxygens (including phenoxy) is 2. The summed E-state index contributed by atoms with van der Waals surface area (Å²) in [4.78, 5) is 0.553. The molecule has 0 radical (unpaired) electrons. The standard InChI is InChI=1S/C14H18Br2O2/c1-4-14(2)12(16)8-13(14)18-11-6-5-9(17-3)7-10(11)15/h5-7,12-13H,4,8H2,1-3H3. The molecule has 0 spiro atoms. The van der Waals surface area contributed by atoms with Crippen molar-refractivity contribution in [2.24, 2.45) is 5.41 Å². The molecule has 1 aromatic carbocycles. The van der Waals surface area contributed by atoms with Crippen LogP contribution in [0.4, 0.5) is 0 Å². The molecule has 2 nitrogen and oxygen atoms in total. The van der Waals surface area contributed by atoms with Gasteiger partial charge in [0.1, 0.15) is 17.6 Å². The van der Waals surface area contributed by atoms with Gasteiger partial charge in [-0.15, -0.1) is 0 Å². The van der Waals surface area contributed by atoms with Gasteiger partial charge in [-0.25, -0.2) is 0 Å². The number of hydrogen-bond acceptors (Lipinski definition) is 2. The van der Waals surface area contributed by atoms with Crippen LogP contribution < -0.4 is 9.47 Å². The Bertz CT molecular complexity index is 436. The highest BCUT2D eigenvalue weighted by molar-refractivity contribution is 9.10. The number of rotatable bonds is 4. The van der Waals surface area contributed by atoms with Gasteiger partial charge in [0, 0.05) is 10.2 Å². The molecule has 18 heavy (non-hydrogen) atoms. The van der Waals surface area contributed by atoms with Gasteiger partial charge >= 0.3 is 0 Å². The molecule has 1 fully saturated rings. The maximum absolute atomic E-state index is 6.13. The van der Waals surface area contributed by atoms with Crippen molar-refractivity contribution in [3.8, 4) is 11.5 Å². The summed E-state index contributed by atoms with van der Waals surface area (Å²) in [5.74, 6) is 1.72. The molecule has 0 heterocycles. The van der Waals surface area contributed by atoms with Gasteiger partial charge in [-0.2, -0.15) is 0 Å². The van der Waals surface area contributed by atoms with Crippen molar-refractivity contribution in [2.75, 3.05) is 7.11 Å². The molecule has 2 rings (SSSR count). The zero-order chi connectivity index (χ0) is 13.3. The maximum Gasteiger partial charge on any atom is 0.134 e. The third kappa shape index (κ3) is 2.42. The van der Waals surface area contributed by atoms with E-state index < -0.39 is 0 Å². The fourth-order valence-corrected chi connectivity index (χ4v) is 3.67. The van der Waals surface area contributed by atoms with Gasteiger partial charge in [0.05, 0.1) is 11.6 Å². The molecule has 3 unspecified atom stereocenters. The SMILES string of the molecule is CCC1(C)C(Br)CC1Oc1ccc(OC)cc1Br. The van der Waals surface area contributed by atoms with Crippen LogP contribution in [0, 0.1) is 5.41 Å². The van der Waals surface area contributed by atoms with E-state index in [0.29, 0.717) is 4.83 Å². The van der Waals surface area contributed by atoms with Crippen LogP contribution in [0.5, 0.6) is 11.5 Å². The lowest BCUT2D eigenvalue weighted by molar-refractivity contribution is -0.0248. The summed E-state index contributed by atoms with van der Waals surface area (Å²) in [5, 5.41) is 0. The lowest BCUT2D eigenvalue weighted by Gasteiger charge is -2.50. The summed E-state index contributed by atoms with van der Waals surface area (Å²) in [5.41, 5.74) is 0.222. The highest BCUT2D eigenvalue weighted by Crippen LogP contribution is 2.50. The zero-order valence-corrected chi connectivity index (χ0v) is 14.0. The number of hydrogen-bond donors (Lipinski definition) is 0. The van der Waals surface area contributed by atoms with Crippen molar-refractivity contribution in [3.63, 3.8) is 0 Å². The van der Waals surface area contributed by atoms with Crippen molar-refractivity contribution >= 4 is 31.9 Å². The Morgan fingerprint density at radius 2 is 2.17 bits per heavy atom. The molecule has 0 bridgehead atoms. The molecule has 1 aliphatic rings.